The minimum Gasteiger partial charge on any atom is -0.236 e. The Hall–Kier alpha value is -1.67. The molecule has 0 radical (unpaired) electrons. The van der Waals surface area contributed by atoms with Gasteiger partial charge >= 0.3 is 0 Å². The van der Waals surface area contributed by atoms with Crippen molar-refractivity contribution in [3.63, 3.8) is 0 Å². The summed E-state index contributed by atoms with van der Waals surface area (Å²) in [6, 6.07) is 7.68. The summed E-state index contributed by atoms with van der Waals surface area (Å²) in [5.74, 6) is 2.45. The third-order valence-corrected chi connectivity index (χ3v) is 5.66. The smallest absolute Gasteiger partial charge is 0.159 e. The van der Waals surface area contributed by atoms with Crippen molar-refractivity contribution in [2.75, 3.05) is 0 Å². The first-order valence-electron chi connectivity index (χ1n) is 9.98. The number of unbranched alkanes of at least 4 members (excludes halogenated alkanes) is 1. The summed E-state index contributed by atoms with van der Waals surface area (Å²) >= 11 is 5.94. The fourth-order valence-corrected chi connectivity index (χ4v) is 3.85. The highest BCUT2D eigenvalue weighted by molar-refractivity contribution is 6.30. The molecular weight excluding hydrogens is 340 g/mol. The van der Waals surface area contributed by atoms with Gasteiger partial charge in [-0.1, -0.05) is 37.1 Å². The van der Waals surface area contributed by atoms with Crippen LogP contribution in [-0.2, 0) is 6.42 Å². The van der Waals surface area contributed by atoms with E-state index < -0.39 is 0 Å². The van der Waals surface area contributed by atoms with Crippen LogP contribution < -0.4 is 0 Å². The maximum atomic E-state index is 5.94. The molecule has 1 aromatic carbocycles. The van der Waals surface area contributed by atoms with Gasteiger partial charge < -0.3 is 0 Å². The minimum absolute atomic E-state index is 0.737. The summed E-state index contributed by atoms with van der Waals surface area (Å²) in [5.41, 5.74) is 2.25. The second kappa shape index (κ2) is 9.87. The average molecular weight is 369 g/mol. The summed E-state index contributed by atoms with van der Waals surface area (Å²) in [6.07, 6.45) is 19.1. The molecule has 0 saturated heterocycles. The van der Waals surface area contributed by atoms with Crippen LogP contribution in [0.1, 0.15) is 57.4 Å². The first kappa shape index (κ1) is 19.1. The lowest BCUT2D eigenvalue weighted by Crippen LogP contribution is -2.13. The van der Waals surface area contributed by atoms with Gasteiger partial charge in [0.15, 0.2) is 5.82 Å². The zero-order valence-electron chi connectivity index (χ0n) is 15.7. The molecule has 0 atom stereocenters. The summed E-state index contributed by atoms with van der Waals surface area (Å²) in [4.78, 5) is 9.07. The number of nitrogens with zero attached hydrogens (tertiary/aromatic N) is 2. The molecule has 1 aromatic heterocycles. The highest BCUT2D eigenvalue weighted by atomic mass is 35.5. The number of hydrogen-bond donors (Lipinski definition) is 0. The van der Waals surface area contributed by atoms with Gasteiger partial charge in [-0.3, -0.25) is 0 Å². The fraction of sp³-hybridized carbons (Fsp3) is 0.478. The molecule has 3 heteroatoms. The van der Waals surface area contributed by atoms with Crippen LogP contribution in [0.5, 0.6) is 0 Å². The fourth-order valence-electron chi connectivity index (χ4n) is 3.73. The van der Waals surface area contributed by atoms with Crippen LogP contribution in [-0.4, -0.2) is 9.97 Å². The zero-order valence-corrected chi connectivity index (χ0v) is 16.5. The van der Waals surface area contributed by atoms with Crippen LogP contribution in [0.2, 0.25) is 5.02 Å². The number of benzene rings is 1. The van der Waals surface area contributed by atoms with Gasteiger partial charge in [0.1, 0.15) is 0 Å². The number of aryl methyl sites for hydroxylation is 1. The van der Waals surface area contributed by atoms with Crippen molar-refractivity contribution in [2.45, 2.75) is 58.3 Å². The molecule has 0 aliphatic heterocycles. The molecule has 1 saturated carbocycles. The summed E-state index contributed by atoms with van der Waals surface area (Å²) in [5, 5.41) is 0.737. The Morgan fingerprint density at radius 2 is 1.73 bits per heavy atom. The van der Waals surface area contributed by atoms with Crippen LogP contribution in [0.3, 0.4) is 0 Å². The van der Waals surface area contributed by atoms with Gasteiger partial charge in [0.25, 0.3) is 0 Å². The van der Waals surface area contributed by atoms with E-state index in [2.05, 4.69) is 29.0 Å². The van der Waals surface area contributed by atoms with Crippen molar-refractivity contribution in [1.82, 2.24) is 9.97 Å². The largest absolute Gasteiger partial charge is 0.236 e. The number of allylic oxidation sites excluding steroid dienone is 2. The standard InChI is InChI=1S/C23H29ClN2/c1-2-3-4-5-18-6-8-19(9-7-18)10-11-20-16-25-23(26-17-20)21-12-14-22(24)15-13-21/h4-5,12-19H,2-3,6-11H2,1H3/b5-4+/t18-,19-. The van der Waals surface area contributed by atoms with Crippen molar-refractivity contribution in [2.24, 2.45) is 11.8 Å². The molecule has 0 unspecified atom stereocenters. The van der Waals surface area contributed by atoms with Crippen molar-refractivity contribution >= 4 is 11.6 Å². The van der Waals surface area contributed by atoms with Gasteiger partial charge in [0, 0.05) is 23.0 Å². The van der Waals surface area contributed by atoms with E-state index in [1.54, 1.807) is 0 Å². The van der Waals surface area contributed by atoms with Crippen molar-refractivity contribution < 1.29 is 0 Å². The molecule has 1 heterocycles. The van der Waals surface area contributed by atoms with Crippen molar-refractivity contribution in [3.8, 4) is 11.4 Å². The highest BCUT2D eigenvalue weighted by Gasteiger charge is 2.19. The van der Waals surface area contributed by atoms with E-state index in [0.29, 0.717) is 0 Å². The first-order valence-corrected chi connectivity index (χ1v) is 10.4. The molecule has 138 valence electrons. The number of hydrogen-bond acceptors (Lipinski definition) is 2. The summed E-state index contributed by atoms with van der Waals surface area (Å²) in [7, 11) is 0. The summed E-state index contributed by atoms with van der Waals surface area (Å²) < 4.78 is 0. The molecule has 1 aliphatic carbocycles. The van der Waals surface area contributed by atoms with Crippen LogP contribution in [0.15, 0.2) is 48.8 Å². The van der Waals surface area contributed by atoms with Gasteiger partial charge in [-0.15, -0.1) is 0 Å². The second-order valence-electron chi connectivity index (χ2n) is 7.46. The Morgan fingerprint density at radius 1 is 1.04 bits per heavy atom. The predicted octanol–water partition coefficient (Wildman–Crippen LogP) is 6.89. The van der Waals surface area contributed by atoms with Gasteiger partial charge in [-0.2, -0.15) is 0 Å². The Labute approximate surface area is 162 Å². The molecule has 1 fully saturated rings. The SMILES string of the molecule is CCC/C=C/[C@H]1CC[C@H](CCc2cnc(-c3ccc(Cl)cc3)nc2)CC1. The first-order chi connectivity index (χ1) is 12.7. The third-order valence-electron chi connectivity index (χ3n) is 5.40. The maximum absolute atomic E-state index is 5.94. The molecule has 3 rings (SSSR count). The Kier molecular flexibility index (Phi) is 7.25. The van der Waals surface area contributed by atoms with Crippen LogP contribution in [0, 0.1) is 11.8 Å². The molecule has 0 spiro atoms. The third kappa shape index (κ3) is 5.67. The number of halogens is 1. The van der Waals surface area contributed by atoms with Crippen molar-refractivity contribution in [3.05, 3.63) is 59.4 Å². The Balaban J connectivity index is 1.45. The van der Waals surface area contributed by atoms with E-state index in [9.17, 15) is 0 Å². The molecule has 0 N–H and O–H groups in total. The Bertz CT molecular complexity index is 683. The predicted molar refractivity (Wildman–Crippen MR) is 110 cm³/mol. The molecule has 1 aliphatic rings. The quantitative estimate of drug-likeness (QED) is 0.497. The van der Waals surface area contributed by atoms with E-state index in [0.717, 1.165) is 34.7 Å². The van der Waals surface area contributed by atoms with Gasteiger partial charge in [-0.25, -0.2) is 9.97 Å². The number of aromatic nitrogens is 2. The lowest BCUT2D eigenvalue weighted by molar-refractivity contribution is 0.296. The average Bonchev–Trinajstić information content (AvgIpc) is 2.69. The molecular formula is C23H29ClN2. The lowest BCUT2D eigenvalue weighted by atomic mass is 9.79. The van der Waals surface area contributed by atoms with E-state index >= 15 is 0 Å². The molecule has 26 heavy (non-hydrogen) atoms. The maximum Gasteiger partial charge on any atom is 0.159 e. The molecule has 0 bridgehead atoms. The second-order valence-corrected chi connectivity index (χ2v) is 7.89. The van der Waals surface area contributed by atoms with Crippen LogP contribution in [0.25, 0.3) is 11.4 Å². The zero-order chi connectivity index (χ0) is 18.2. The van der Waals surface area contributed by atoms with Crippen molar-refractivity contribution in [1.29, 1.82) is 0 Å². The van der Waals surface area contributed by atoms with E-state index in [4.69, 9.17) is 11.6 Å². The summed E-state index contributed by atoms with van der Waals surface area (Å²) in [6.45, 7) is 2.24. The normalized spacial score (nSPS) is 20.5. The van der Waals surface area contributed by atoms with E-state index in [1.807, 2.05) is 36.7 Å². The van der Waals surface area contributed by atoms with E-state index in [-0.39, 0.29) is 0 Å². The minimum atomic E-state index is 0.737. The van der Waals surface area contributed by atoms with Gasteiger partial charge in [-0.05, 0) is 86.6 Å². The Morgan fingerprint density at radius 3 is 2.38 bits per heavy atom. The monoisotopic (exact) mass is 368 g/mol. The van der Waals surface area contributed by atoms with Crippen LogP contribution in [0.4, 0.5) is 0 Å². The topological polar surface area (TPSA) is 25.8 Å². The van der Waals surface area contributed by atoms with Gasteiger partial charge in [0.2, 0.25) is 0 Å². The van der Waals surface area contributed by atoms with Crippen LogP contribution >= 0.6 is 11.6 Å². The molecule has 0 amide bonds. The highest BCUT2D eigenvalue weighted by Crippen LogP contribution is 2.32. The van der Waals surface area contributed by atoms with E-state index in [1.165, 1.54) is 50.5 Å². The number of rotatable bonds is 7. The molecule has 2 aromatic rings. The molecule has 2 nitrogen and oxygen atoms in total. The van der Waals surface area contributed by atoms with Gasteiger partial charge in [0.05, 0.1) is 0 Å². The lowest BCUT2D eigenvalue weighted by Gasteiger charge is -2.26.